The molecule has 2 fully saturated rings. The second kappa shape index (κ2) is 8.08. The van der Waals surface area contributed by atoms with E-state index in [9.17, 15) is 13.2 Å². The minimum atomic E-state index is -3.01. The second-order valence-electron chi connectivity index (χ2n) is 7.01. The summed E-state index contributed by atoms with van der Waals surface area (Å²) in [5, 5.41) is 3.18. The topological polar surface area (TPSA) is 66.5 Å². The van der Waals surface area contributed by atoms with E-state index in [-0.39, 0.29) is 36.0 Å². The third-order valence-electron chi connectivity index (χ3n) is 5.13. The minimum Gasteiger partial charge on any atom is -0.376 e. The maximum absolute atomic E-state index is 13.0. The van der Waals surface area contributed by atoms with Gasteiger partial charge in [0.05, 0.1) is 18.1 Å². The van der Waals surface area contributed by atoms with E-state index < -0.39 is 9.84 Å². The van der Waals surface area contributed by atoms with Gasteiger partial charge in [0.1, 0.15) is 0 Å². The Kier molecular flexibility index (Phi) is 6.04. The highest BCUT2D eigenvalue weighted by Crippen LogP contribution is 2.28. The molecule has 1 saturated carbocycles. The van der Waals surface area contributed by atoms with Crippen LogP contribution in [0.5, 0.6) is 0 Å². The van der Waals surface area contributed by atoms with Crippen molar-refractivity contribution in [2.45, 2.75) is 50.6 Å². The number of carbonyl (C=O) groups is 1. The van der Waals surface area contributed by atoms with E-state index in [1.54, 1.807) is 0 Å². The molecule has 1 saturated heterocycles. The minimum absolute atomic E-state index is 0.00831. The second-order valence-corrected chi connectivity index (χ2v) is 10.2. The molecule has 0 spiro atoms. The van der Waals surface area contributed by atoms with Crippen molar-refractivity contribution in [1.29, 1.82) is 0 Å². The van der Waals surface area contributed by atoms with E-state index in [1.165, 1.54) is 6.42 Å². The summed E-state index contributed by atoms with van der Waals surface area (Å²) in [5.41, 5.74) is 0.880. The molecule has 1 aliphatic carbocycles. The van der Waals surface area contributed by atoms with E-state index in [2.05, 4.69) is 21.2 Å². The van der Waals surface area contributed by atoms with Crippen molar-refractivity contribution in [2.24, 2.45) is 0 Å². The Labute approximate surface area is 158 Å². The van der Waals surface area contributed by atoms with Gasteiger partial charge in [0.25, 0.3) is 0 Å². The first-order chi connectivity index (χ1) is 11.9. The lowest BCUT2D eigenvalue weighted by atomic mass is 9.93. The SMILES string of the molecule is O=C(CNc1cccc(Br)c1)N(C1CCCCC1)[C@@H]1CCS(=O)(=O)C1. The number of sulfone groups is 1. The van der Waals surface area contributed by atoms with E-state index in [4.69, 9.17) is 0 Å². The molecule has 138 valence electrons. The zero-order chi connectivity index (χ0) is 17.9. The average molecular weight is 429 g/mol. The number of benzene rings is 1. The Morgan fingerprint density at radius 3 is 2.56 bits per heavy atom. The summed E-state index contributed by atoms with van der Waals surface area (Å²) in [6, 6.07) is 7.72. The van der Waals surface area contributed by atoms with Gasteiger partial charge in [-0.1, -0.05) is 41.3 Å². The van der Waals surface area contributed by atoms with Gasteiger partial charge in [-0.25, -0.2) is 8.42 Å². The normalized spacial score (nSPS) is 23.3. The molecule has 1 N–H and O–H groups in total. The molecule has 0 radical (unpaired) electrons. The number of hydrogen-bond acceptors (Lipinski definition) is 4. The van der Waals surface area contributed by atoms with Crippen molar-refractivity contribution in [3.05, 3.63) is 28.7 Å². The first-order valence-corrected chi connectivity index (χ1v) is 11.6. The average Bonchev–Trinajstić information content (AvgIpc) is 2.94. The molecule has 1 atom stereocenters. The van der Waals surface area contributed by atoms with Crippen LogP contribution in [0.3, 0.4) is 0 Å². The summed E-state index contributed by atoms with van der Waals surface area (Å²) in [7, 11) is -3.01. The maximum Gasteiger partial charge on any atom is 0.242 e. The Balaban J connectivity index is 1.70. The van der Waals surface area contributed by atoms with Crippen LogP contribution in [0, 0.1) is 0 Å². The number of amides is 1. The number of carbonyl (C=O) groups excluding carboxylic acids is 1. The predicted octanol–water partition coefficient (Wildman–Crippen LogP) is 3.21. The van der Waals surface area contributed by atoms with Gasteiger partial charge in [0.2, 0.25) is 5.91 Å². The summed E-state index contributed by atoms with van der Waals surface area (Å²) in [6.07, 6.45) is 5.98. The summed E-state index contributed by atoms with van der Waals surface area (Å²) in [6.45, 7) is 0.198. The molecule has 0 unspecified atom stereocenters. The van der Waals surface area contributed by atoms with Crippen LogP contribution in [0.4, 0.5) is 5.69 Å². The van der Waals surface area contributed by atoms with Crippen LogP contribution < -0.4 is 5.32 Å². The third kappa shape index (κ3) is 4.97. The summed E-state index contributed by atoms with van der Waals surface area (Å²) >= 11 is 3.43. The molecule has 5 nitrogen and oxygen atoms in total. The first kappa shape index (κ1) is 18.7. The van der Waals surface area contributed by atoms with Gasteiger partial charge in [-0.15, -0.1) is 0 Å². The highest BCUT2D eigenvalue weighted by molar-refractivity contribution is 9.10. The van der Waals surface area contributed by atoms with Crippen LogP contribution in [0.2, 0.25) is 0 Å². The summed E-state index contributed by atoms with van der Waals surface area (Å²) in [4.78, 5) is 14.9. The van der Waals surface area contributed by atoms with Gasteiger partial charge < -0.3 is 10.2 Å². The molecular formula is C18H25BrN2O3S. The molecule has 0 bridgehead atoms. The Morgan fingerprint density at radius 1 is 1.16 bits per heavy atom. The van der Waals surface area contributed by atoms with Gasteiger partial charge >= 0.3 is 0 Å². The lowest BCUT2D eigenvalue weighted by molar-refractivity contribution is -0.134. The van der Waals surface area contributed by atoms with Crippen molar-refractivity contribution in [3.63, 3.8) is 0 Å². The van der Waals surface area contributed by atoms with Crippen molar-refractivity contribution in [2.75, 3.05) is 23.4 Å². The number of anilines is 1. The smallest absolute Gasteiger partial charge is 0.242 e. The number of halogens is 1. The lowest BCUT2D eigenvalue weighted by Crippen LogP contribution is -2.50. The van der Waals surface area contributed by atoms with E-state index in [0.29, 0.717) is 6.42 Å². The standard InChI is InChI=1S/C18H25BrN2O3S/c19-14-5-4-6-15(11-14)20-12-18(22)21(16-7-2-1-3-8-16)17-9-10-25(23,24)13-17/h4-6,11,16-17,20H,1-3,7-10,12-13H2/t17-/m1/s1. The van der Waals surface area contributed by atoms with Crippen LogP contribution >= 0.6 is 15.9 Å². The van der Waals surface area contributed by atoms with E-state index in [0.717, 1.165) is 35.8 Å². The number of nitrogens with zero attached hydrogens (tertiary/aromatic N) is 1. The molecule has 1 aromatic rings. The molecular weight excluding hydrogens is 404 g/mol. The molecule has 1 heterocycles. The van der Waals surface area contributed by atoms with Crippen LogP contribution in [-0.2, 0) is 14.6 Å². The molecule has 7 heteroatoms. The quantitative estimate of drug-likeness (QED) is 0.781. The first-order valence-electron chi connectivity index (χ1n) is 8.96. The molecule has 1 aromatic carbocycles. The van der Waals surface area contributed by atoms with E-state index >= 15 is 0 Å². The third-order valence-corrected chi connectivity index (χ3v) is 7.37. The zero-order valence-electron chi connectivity index (χ0n) is 14.3. The fourth-order valence-electron chi connectivity index (χ4n) is 3.93. The van der Waals surface area contributed by atoms with Gasteiger partial charge in [-0.3, -0.25) is 4.79 Å². The zero-order valence-corrected chi connectivity index (χ0v) is 16.7. The van der Waals surface area contributed by atoms with Crippen LogP contribution in [-0.4, -0.2) is 49.4 Å². The molecule has 2 aliphatic rings. The van der Waals surface area contributed by atoms with Crippen LogP contribution in [0.15, 0.2) is 28.7 Å². The van der Waals surface area contributed by atoms with Crippen LogP contribution in [0.25, 0.3) is 0 Å². The number of nitrogens with one attached hydrogen (secondary N) is 1. The Hall–Kier alpha value is -1.08. The van der Waals surface area contributed by atoms with Crippen molar-refractivity contribution >= 4 is 37.4 Å². The van der Waals surface area contributed by atoms with Crippen molar-refractivity contribution in [3.8, 4) is 0 Å². The van der Waals surface area contributed by atoms with Gasteiger partial charge in [0, 0.05) is 22.2 Å². The monoisotopic (exact) mass is 428 g/mol. The molecule has 1 amide bonds. The maximum atomic E-state index is 13.0. The highest BCUT2D eigenvalue weighted by Gasteiger charge is 2.38. The molecule has 1 aliphatic heterocycles. The van der Waals surface area contributed by atoms with Gasteiger partial charge in [-0.05, 0) is 37.5 Å². The van der Waals surface area contributed by atoms with Crippen molar-refractivity contribution < 1.29 is 13.2 Å². The van der Waals surface area contributed by atoms with Gasteiger partial charge in [0.15, 0.2) is 9.84 Å². The van der Waals surface area contributed by atoms with Crippen LogP contribution in [0.1, 0.15) is 38.5 Å². The lowest BCUT2D eigenvalue weighted by Gasteiger charge is -2.38. The fraction of sp³-hybridized carbons (Fsp3) is 0.611. The summed E-state index contributed by atoms with van der Waals surface area (Å²) in [5.74, 6) is 0.327. The van der Waals surface area contributed by atoms with E-state index in [1.807, 2.05) is 29.2 Å². The molecule has 25 heavy (non-hydrogen) atoms. The molecule has 0 aromatic heterocycles. The number of hydrogen-bond donors (Lipinski definition) is 1. The fourth-order valence-corrected chi connectivity index (χ4v) is 6.04. The summed E-state index contributed by atoms with van der Waals surface area (Å²) < 4.78 is 24.8. The number of rotatable bonds is 5. The van der Waals surface area contributed by atoms with Gasteiger partial charge in [-0.2, -0.15) is 0 Å². The van der Waals surface area contributed by atoms with Crippen molar-refractivity contribution in [1.82, 2.24) is 4.90 Å². The largest absolute Gasteiger partial charge is 0.376 e. The highest BCUT2D eigenvalue weighted by atomic mass is 79.9. The Bertz CT molecular complexity index is 717. The predicted molar refractivity (Wildman–Crippen MR) is 103 cm³/mol. The Morgan fingerprint density at radius 2 is 1.92 bits per heavy atom. The molecule has 3 rings (SSSR count).